The third kappa shape index (κ3) is 6.90. The first kappa shape index (κ1) is 37.0. The molecular weight excluding hydrogens is 751 g/mol. The SMILES string of the molecule is C=N/C(=N\C(=N/Cc1ccc(-c2ccc3c(c2)Cc2cc(-c4cccc(-c5ccc6c7ccccc7c7ccccc7c6c5)c4)ccc2-3)cc1)c1ccccc1)c1ccccc1. The summed E-state index contributed by atoms with van der Waals surface area (Å²) in [6, 6.07) is 76.1. The number of nitrogens with zero attached hydrogens (tertiary/aromatic N) is 3. The quantitative estimate of drug-likeness (QED) is 0.0876. The fourth-order valence-electron chi connectivity index (χ4n) is 9.16. The number of benzene rings is 10. The fraction of sp³-hybridized carbons (Fsp3) is 0.0339. The maximum Gasteiger partial charge on any atom is 0.161 e. The molecule has 1 aliphatic carbocycles. The van der Waals surface area contributed by atoms with Gasteiger partial charge in [-0.2, -0.15) is 0 Å². The van der Waals surface area contributed by atoms with Gasteiger partial charge in [0.1, 0.15) is 0 Å². The second-order valence-electron chi connectivity index (χ2n) is 16.0. The van der Waals surface area contributed by atoms with E-state index in [4.69, 9.17) is 9.98 Å². The van der Waals surface area contributed by atoms with E-state index >= 15 is 0 Å². The summed E-state index contributed by atoms with van der Waals surface area (Å²) in [6.45, 7) is 4.28. The summed E-state index contributed by atoms with van der Waals surface area (Å²) < 4.78 is 0. The van der Waals surface area contributed by atoms with E-state index in [9.17, 15) is 0 Å². The monoisotopic (exact) mass is 791 g/mol. The molecule has 11 rings (SSSR count). The smallest absolute Gasteiger partial charge is 0.161 e. The van der Waals surface area contributed by atoms with Gasteiger partial charge in [-0.1, -0.05) is 200 Å². The number of amidine groups is 2. The van der Waals surface area contributed by atoms with Crippen LogP contribution in [-0.4, -0.2) is 18.4 Å². The number of aliphatic imine (C=N–C) groups is 3. The van der Waals surface area contributed by atoms with E-state index in [-0.39, 0.29) is 0 Å². The van der Waals surface area contributed by atoms with Crippen molar-refractivity contribution in [3.8, 4) is 44.5 Å². The molecule has 0 bridgehead atoms. The molecule has 0 radical (unpaired) electrons. The zero-order valence-corrected chi connectivity index (χ0v) is 34.2. The predicted octanol–water partition coefficient (Wildman–Crippen LogP) is 14.8. The summed E-state index contributed by atoms with van der Waals surface area (Å²) in [5, 5.41) is 7.78. The highest BCUT2D eigenvalue weighted by Crippen LogP contribution is 2.42. The second-order valence-corrected chi connectivity index (χ2v) is 16.0. The van der Waals surface area contributed by atoms with Gasteiger partial charge >= 0.3 is 0 Å². The van der Waals surface area contributed by atoms with Crippen molar-refractivity contribution in [2.24, 2.45) is 15.0 Å². The van der Waals surface area contributed by atoms with E-state index < -0.39 is 0 Å². The molecule has 0 N–H and O–H groups in total. The Balaban J connectivity index is 0.835. The maximum atomic E-state index is 4.97. The predicted molar refractivity (Wildman–Crippen MR) is 263 cm³/mol. The molecule has 0 fully saturated rings. The molecule has 62 heavy (non-hydrogen) atoms. The van der Waals surface area contributed by atoms with Crippen LogP contribution < -0.4 is 0 Å². The maximum absolute atomic E-state index is 4.97. The van der Waals surface area contributed by atoms with Gasteiger partial charge in [-0.15, -0.1) is 0 Å². The third-order valence-electron chi connectivity index (χ3n) is 12.3. The molecule has 0 saturated carbocycles. The molecule has 0 atom stereocenters. The molecule has 0 unspecified atom stereocenters. The van der Waals surface area contributed by atoms with Crippen LogP contribution in [0.15, 0.2) is 227 Å². The van der Waals surface area contributed by atoms with Crippen molar-refractivity contribution in [1.82, 2.24) is 0 Å². The van der Waals surface area contributed by atoms with E-state index in [0.29, 0.717) is 18.2 Å². The highest BCUT2D eigenvalue weighted by Gasteiger charge is 2.20. The van der Waals surface area contributed by atoms with Crippen LogP contribution >= 0.6 is 0 Å². The Morgan fingerprint density at radius 3 is 1.40 bits per heavy atom. The highest BCUT2D eigenvalue weighted by atomic mass is 15.0. The molecule has 0 spiro atoms. The molecule has 0 heterocycles. The summed E-state index contributed by atoms with van der Waals surface area (Å²) in [5.74, 6) is 1.18. The van der Waals surface area contributed by atoms with Crippen LogP contribution in [0, 0.1) is 0 Å². The lowest BCUT2D eigenvalue weighted by molar-refractivity contribution is 1.06. The van der Waals surface area contributed by atoms with Crippen LogP contribution in [0.2, 0.25) is 0 Å². The first-order valence-electron chi connectivity index (χ1n) is 21.2. The van der Waals surface area contributed by atoms with Crippen molar-refractivity contribution in [1.29, 1.82) is 0 Å². The number of fused-ring (bicyclic) bond motifs is 9. The average molecular weight is 792 g/mol. The summed E-state index contributed by atoms with van der Waals surface area (Å²) in [4.78, 5) is 14.1. The minimum absolute atomic E-state index is 0.495. The van der Waals surface area contributed by atoms with E-state index in [0.717, 1.165) is 23.1 Å². The molecule has 1 aliphatic rings. The Kier molecular flexibility index (Phi) is 9.48. The van der Waals surface area contributed by atoms with Crippen molar-refractivity contribution in [2.45, 2.75) is 13.0 Å². The minimum Gasteiger partial charge on any atom is -0.261 e. The first-order valence-corrected chi connectivity index (χ1v) is 21.2. The third-order valence-corrected chi connectivity index (χ3v) is 12.3. The van der Waals surface area contributed by atoms with Gasteiger partial charge < -0.3 is 0 Å². The Labute approximate surface area is 361 Å². The Morgan fingerprint density at radius 2 is 0.823 bits per heavy atom. The first-order chi connectivity index (χ1) is 30.7. The van der Waals surface area contributed by atoms with E-state index in [1.54, 1.807) is 0 Å². The standard InChI is InChI=1S/C59H41N3/c1-60-58(41-13-4-2-5-14-41)62-59(42-15-6-3-7-16-42)61-38-39-23-25-40(26-24-39)45-27-30-50-48(34-45)36-49-35-46(28-31-51(49)50)43-17-12-18-44(33-43)47-29-32-56-54-21-9-8-19-52(54)53-20-10-11-22-55(53)57(56)37-47/h2-35,37H,1,36,38H2/b61-59-,62-58-. The van der Waals surface area contributed by atoms with E-state index in [2.05, 4.69) is 163 Å². The van der Waals surface area contributed by atoms with Crippen molar-refractivity contribution in [3.05, 3.63) is 240 Å². The highest BCUT2D eigenvalue weighted by molar-refractivity contribution is 6.25. The van der Waals surface area contributed by atoms with Gasteiger partial charge in [0, 0.05) is 11.1 Å². The van der Waals surface area contributed by atoms with Crippen LogP contribution in [0.1, 0.15) is 27.8 Å². The largest absolute Gasteiger partial charge is 0.261 e. The van der Waals surface area contributed by atoms with E-state index in [1.165, 1.54) is 88.0 Å². The zero-order chi connectivity index (χ0) is 41.4. The van der Waals surface area contributed by atoms with Crippen LogP contribution in [-0.2, 0) is 13.0 Å². The normalized spacial score (nSPS) is 12.5. The Hall–Kier alpha value is -8.01. The average Bonchev–Trinajstić information content (AvgIpc) is 3.72. The molecule has 3 heteroatoms. The van der Waals surface area contributed by atoms with Crippen molar-refractivity contribution >= 4 is 50.7 Å². The van der Waals surface area contributed by atoms with Crippen LogP contribution in [0.3, 0.4) is 0 Å². The lowest BCUT2D eigenvalue weighted by Crippen LogP contribution is -2.05. The van der Waals surface area contributed by atoms with Crippen LogP contribution in [0.25, 0.3) is 76.8 Å². The molecule has 292 valence electrons. The van der Waals surface area contributed by atoms with Gasteiger partial charge in [-0.3, -0.25) is 4.99 Å². The minimum atomic E-state index is 0.495. The molecular formula is C59H41N3. The second kappa shape index (κ2) is 15.9. The Bertz CT molecular complexity index is 3360. The van der Waals surface area contributed by atoms with Crippen LogP contribution in [0.4, 0.5) is 0 Å². The van der Waals surface area contributed by atoms with Crippen molar-refractivity contribution < 1.29 is 0 Å². The van der Waals surface area contributed by atoms with Crippen molar-refractivity contribution in [2.75, 3.05) is 0 Å². The van der Waals surface area contributed by atoms with Crippen LogP contribution in [0.5, 0.6) is 0 Å². The summed E-state index contributed by atoms with van der Waals surface area (Å²) in [5.41, 5.74) is 15.7. The molecule has 0 saturated heterocycles. The summed E-state index contributed by atoms with van der Waals surface area (Å²) in [6.07, 6.45) is 0.915. The lowest BCUT2D eigenvalue weighted by atomic mass is 9.91. The zero-order valence-electron chi connectivity index (χ0n) is 34.2. The molecule has 0 aliphatic heterocycles. The van der Waals surface area contributed by atoms with E-state index in [1.807, 2.05) is 60.7 Å². The van der Waals surface area contributed by atoms with Gasteiger partial charge in [0.15, 0.2) is 11.7 Å². The lowest BCUT2D eigenvalue weighted by Gasteiger charge is -2.13. The Morgan fingerprint density at radius 1 is 0.371 bits per heavy atom. The van der Waals surface area contributed by atoms with Crippen molar-refractivity contribution in [3.63, 3.8) is 0 Å². The summed E-state index contributed by atoms with van der Waals surface area (Å²) >= 11 is 0. The summed E-state index contributed by atoms with van der Waals surface area (Å²) in [7, 11) is 0. The topological polar surface area (TPSA) is 37.1 Å². The number of hydrogen-bond acceptors (Lipinski definition) is 1. The number of rotatable bonds is 7. The molecule has 0 aromatic heterocycles. The molecule has 10 aromatic carbocycles. The van der Waals surface area contributed by atoms with Gasteiger partial charge in [0.2, 0.25) is 0 Å². The molecule has 3 nitrogen and oxygen atoms in total. The number of hydrogen-bond donors (Lipinski definition) is 0. The van der Waals surface area contributed by atoms with Gasteiger partial charge in [0.25, 0.3) is 0 Å². The molecule has 0 amide bonds. The molecule has 10 aromatic rings. The van der Waals surface area contributed by atoms with Gasteiger partial charge in [-0.05, 0) is 119 Å². The van der Waals surface area contributed by atoms with Gasteiger partial charge in [0.05, 0.1) is 6.54 Å². The fourth-order valence-corrected chi connectivity index (χ4v) is 9.16. The van der Waals surface area contributed by atoms with Gasteiger partial charge in [-0.25, -0.2) is 9.98 Å².